The van der Waals surface area contributed by atoms with Crippen molar-refractivity contribution in [3.05, 3.63) is 72.8 Å². The largest absolute Gasteiger partial charge is 0.383 e. The Labute approximate surface area is 157 Å². The molecule has 0 radical (unpaired) electrons. The smallest absolute Gasteiger partial charge is 0.0348 e. The molecule has 0 aromatic heterocycles. The van der Waals surface area contributed by atoms with E-state index in [-0.39, 0.29) is 0 Å². The van der Waals surface area contributed by atoms with Crippen LogP contribution >= 0.6 is 0 Å². The van der Waals surface area contributed by atoms with Crippen LogP contribution in [0.5, 0.6) is 0 Å². The van der Waals surface area contributed by atoms with Gasteiger partial charge in [0, 0.05) is 23.5 Å². The molecule has 0 amide bonds. The van der Waals surface area contributed by atoms with E-state index in [0.29, 0.717) is 12.1 Å². The monoisotopic (exact) mass is 344 g/mol. The Morgan fingerprint density at radius 1 is 0.538 bits per heavy atom. The Hall–Kier alpha value is -2.74. The molecule has 0 aliphatic rings. The summed E-state index contributed by atoms with van der Waals surface area (Å²) in [7, 11) is 0. The van der Waals surface area contributed by atoms with Gasteiger partial charge in [0.25, 0.3) is 0 Å². The molecule has 0 atom stereocenters. The highest BCUT2D eigenvalue weighted by Crippen LogP contribution is 2.35. The molecule has 0 saturated carbocycles. The molecule has 0 fully saturated rings. The van der Waals surface area contributed by atoms with Gasteiger partial charge in [0.1, 0.15) is 0 Å². The highest BCUT2D eigenvalue weighted by molar-refractivity contribution is 5.86. The van der Waals surface area contributed by atoms with Gasteiger partial charge in [0.2, 0.25) is 0 Å². The van der Waals surface area contributed by atoms with E-state index in [9.17, 15) is 0 Å². The van der Waals surface area contributed by atoms with Crippen LogP contribution in [0.15, 0.2) is 72.8 Å². The maximum Gasteiger partial charge on any atom is 0.0348 e. The molecule has 2 N–H and O–H groups in total. The van der Waals surface area contributed by atoms with Crippen molar-refractivity contribution >= 4 is 11.4 Å². The Kier molecular flexibility index (Phi) is 5.62. The summed E-state index contributed by atoms with van der Waals surface area (Å²) in [6.45, 7) is 8.64. The number of anilines is 2. The second-order valence-electron chi connectivity index (χ2n) is 7.30. The first-order valence-electron chi connectivity index (χ1n) is 9.36. The van der Waals surface area contributed by atoms with Crippen LogP contribution in [0.25, 0.3) is 22.3 Å². The molecule has 0 heterocycles. The third-order valence-corrected chi connectivity index (χ3v) is 4.21. The molecular weight excluding hydrogens is 316 g/mol. The maximum atomic E-state index is 3.51. The van der Waals surface area contributed by atoms with Crippen molar-refractivity contribution in [3.63, 3.8) is 0 Å². The van der Waals surface area contributed by atoms with Crippen LogP contribution in [0.1, 0.15) is 27.7 Å². The first-order valence-corrected chi connectivity index (χ1v) is 9.36. The van der Waals surface area contributed by atoms with Gasteiger partial charge < -0.3 is 10.6 Å². The minimum atomic E-state index is 0.408. The summed E-state index contributed by atoms with van der Waals surface area (Å²) in [5.41, 5.74) is 7.28. The Morgan fingerprint density at radius 3 is 1.69 bits per heavy atom. The SMILES string of the molecule is CC(C)Nc1ccc(-c2ccc(NC(C)C)cc2-c2ccccc2)cc1. The van der Waals surface area contributed by atoms with E-state index in [1.54, 1.807) is 0 Å². The molecule has 26 heavy (non-hydrogen) atoms. The van der Waals surface area contributed by atoms with Gasteiger partial charge >= 0.3 is 0 Å². The van der Waals surface area contributed by atoms with Crippen LogP contribution in [-0.4, -0.2) is 12.1 Å². The molecule has 0 spiro atoms. The Morgan fingerprint density at radius 2 is 1.08 bits per heavy atom. The lowest BCUT2D eigenvalue weighted by molar-refractivity contribution is 0.899. The summed E-state index contributed by atoms with van der Waals surface area (Å²) in [5.74, 6) is 0. The predicted octanol–water partition coefficient (Wildman–Crippen LogP) is 6.66. The Bertz CT molecular complexity index is 834. The van der Waals surface area contributed by atoms with Crippen molar-refractivity contribution in [1.82, 2.24) is 0 Å². The minimum absolute atomic E-state index is 0.408. The van der Waals surface area contributed by atoms with Gasteiger partial charge in [-0.15, -0.1) is 0 Å². The van der Waals surface area contributed by atoms with Gasteiger partial charge in [0.15, 0.2) is 0 Å². The number of nitrogens with one attached hydrogen (secondary N) is 2. The van der Waals surface area contributed by atoms with Crippen LogP contribution in [-0.2, 0) is 0 Å². The molecule has 0 aliphatic heterocycles. The molecule has 0 unspecified atom stereocenters. The fourth-order valence-corrected chi connectivity index (χ4v) is 3.15. The van der Waals surface area contributed by atoms with E-state index in [1.807, 2.05) is 0 Å². The zero-order chi connectivity index (χ0) is 18.5. The van der Waals surface area contributed by atoms with E-state index in [4.69, 9.17) is 0 Å². The molecule has 3 rings (SSSR count). The van der Waals surface area contributed by atoms with Crippen molar-refractivity contribution < 1.29 is 0 Å². The number of hydrogen-bond donors (Lipinski definition) is 2. The third-order valence-electron chi connectivity index (χ3n) is 4.21. The predicted molar refractivity (Wildman–Crippen MR) is 115 cm³/mol. The van der Waals surface area contributed by atoms with Crippen LogP contribution in [0, 0.1) is 0 Å². The molecule has 3 aromatic rings. The summed E-state index contributed by atoms with van der Waals surface area (Å²) in [5, 5.41) is 6.96. The van der Waals surface area contributed by atoms with Gasteiger partial charge in [0.05, 0.1) is 0 Å². The first kappa shape index (κ1) is 18.1. The zero-order valence-corrected chi connectivity index (χ0v) is 16.1. The topological polar surface area (TPSA) is 24.1 Å². The van der Waals surface area contributed by atoms with Crippen molar-refractivity contribution in [1.29, 1.82) is 0 Å². The van der Waals surface area contributed by atoms with Crippen molar-refractivity contribution in [2.45, 2.75) is 39.8 Å². The number of benzene rings is 3. The van der Waals surface area contributed by atoms with Crippen LogP contribution in [0.4, 0.5) is 11.4 Å². The fraction of sp³-hybridized carbons (Fsp3) is 0.250. The van der Waals surface area contributed by atoms with Crippen molar-refractivity contribution in [2.24, 2.45) is 0 Å². The van der Waals surface area contributed by atoms with Gasteiger partial charge in [-0.1, -0.05) is 48.5 Å². The van der Waals surface area contributed by atoms with Crippen LogP contribution in [0.2, 0.25) is 0 Å². The van der Waals surface area contributed by atoms with E-state index in [1.165, 1.54) is 22.3 Å². The average Bonchev–Trinajstić information content (AvgIpc) is 2.62. The molecule has 2 heteroatoms. The first-order chi connectivity index (χ1) is 12.5. The van der Waals surface area contributed by atoms with Gasteiger partial charge in [-0.25, -0.2) is 0 Å². The van der Waals surface area contributed by atoms with E-state index in [0.717, 1.165) is 11.4 Å². The molecule has 3 aromatic carbocycles. The minimum Gasteiger partial charge on any atom is -0.383 e. The summed E-state index contributed by atoms with van der Waals surface area (Å²) in [6.07, 6.45) is 0. The van der Waals surface area contributed by atoms with Crippen molar-refractivity contribution in [2.75, 3.05) is 10.6 Å². The molecule has 134 valence electrons. The summed E-state index contributed by atoms with van der Waals surface area (Å²) >= 11 is 0. The second-order valence-corrected chi connectivity index (χ2v) is 7.30. The average molecular weight is 345 g/mol. The molecular formula is C24H28N2. The van der Waals surface area contributed by atoms with E-state index >= 15 is 0 Å². The molecule has 0 bridgehead atoms. The third kappa shape index (κ3) is 4.45. The maximum absolute atomic E-state index is 3.51. The summed E-state index contributed by atoms with van der Waals surface area (Å²) < 4.78 is 0. The van der Waals surface area contributed by atoms with Gasteiger partial charge in [-0.2, -0.15) is 0 Å². The van der Waals surface area contributed by atoms with Gasteiger partial charge in [-0.05, 0) is 74.2 Å². The lowest BCUT2D eigenvalue weighted by Gasteiger charge is -2.16. The van der Waals surface area contributed by atoms with Crippen molar-refractivity contribution in [3.8, 4) is 22.3 Å². The molecule has 2 nitrogen and oxygen atoms in total. The van der Waals surface area contributed by atoms with Crippen LogP contribution < -0.4 is 10.6 Å². The molecule has 0 aliphatic carbocycles. The number of rotatable bonds is 6. The quantitative estimate of drug-likeness (QED) is 0.522. The molecule has 0 saturated heterocycles. The van der Waals surface area contributed by atoms with Crippen LogP contribution in [0.3, 0.4) is 0 Å². The Balaban J connectivity index is 2.03. The van der Waals surface area contributed by atoms with Gasteiger partial charge in [-0.3, -0.25) is 0 Å². The summed E-state index contributed by atoms with van der Waals surface area (Å²) in [4.78, 5) is 0. The fourth-order valence-electron chi connectivity index (χ4n) is 3.15. The number of hydrogen-bond acceptors (Lipinski definition) is 2. The second kappa shape index (κ2) is 8.09. The van der Waals surface area contributed by atoms with E-state index < -0.39 is 0 Å². The summed E-state index contributed by atoms with van der Waals surface area (Å²) in [6, 6.07) is 26.8. The highest BCUT2D eigenvalue weighted by Gasteiger charge is 2.09. The normalized spacial score (nSPS) is 11.0. The lowest BCUT2D eigenvalue weighted by Crippen LogP contribution is -2.09. The lowest BCUT2D eigenvalue weighted by atomic mass is 9.94. The van der Waals surface area contributed by atoms with E-state index in [2.05, 4.69) is 111 Å². The zero-order valence-electron chi connectivity index (χ0n) is 16.1. The standard InChI is InChI=1S/C24H28N2/c1-17(2)25-21-12-10-20(11-13-21)23-15-14-22(26-18(3)4)16-24(23)19-8-6-5-7-9-19/h5-18,25-26H,1-4H3. The highest BCUT2D eigenvalue weighted by atomic mass is 14.9.